The van der Waals surface area contributed by atoms with Crippen molar-refractivity contribution in [1.29, 1.82) is 0 Å². The van der Waals surface area contributed by atoms with Crippen LogP contribution in [0.3, 0.4) is 0 Å². The van der Waals surface area contributed by atoms with Gasteiger partial charge in [0, 0.05) is 0 Å². The molecule has 1 rings (SSSR count). The van der Waals surface area contributed by atoms with E-state index in [0.29, 0.717) is 18.9 Å². The van der Waals surface area contributed by atoms with Gasteiger partial charge in [-0.2, -0.15) is 10.1 Å². The van der Waals surface area contributed by atoms with Crippen molar-refractivity contribution < 1.29 is 9.53 Å². The minimum Gasteiger partial charge on any atom is -0.446 e. The second kappa shape index (κ2) is 5.50. The molecule has 0 bridgehead atoms. The lowest BCUT2D eigenvalue weighted by atomic mass is 10.4. The van der Waals surface area contributed by atoms with Crippen LogP contribution in [-0.4, -0.2) is 36.2 Å². The van der Waals surface area contributed by atoms with Gasteiger partial charge in [0.2, 0.25) is 0 Å². The summed E-state index contributed by atoms with van der Waals surface area (Å²) in [5.74, 6) is 0. The van der Waals surface area contributed by atoms with E-state index in [1.807, 2.05) is 13.0 Å². The van der Waals surface area contributed by atoms with E-state index >= 15 is 0 Å². The van der Waals surface area contributed by atoms with E-state index in [-0.39, 0.29) is 0 Å². The number of carbonyl (C=O) groups is 1. The zero-order valence-corrected chi connectivity index (χ0v) is 9.04. The normalized spacial score (nSPS) is 18.6. The number of hydrazone groups is 1. The second-order valence-electron chi connectivity index (χ2n) is 2.54. The highest BCUT2D eigenvalue weighted by Crippen LogP contribution is 2.02. The Hall–Kier alpha value is -1.22. The fourth-order valence-corrected chi connectivity index (χ4v) is 1.06. The Labute approximate surface area is 84.8 Å². The van der Waals surface area contributed by atoms with E-state index < -0.39 is 6.09 Å². The minimum absolute atomic E-state index is 0.396. The molecule has 5 nitrogen and oxygen atoms in total. The molecule has 1 saturated heterocycles. The van der Waals surface area contributed by atoms with Gasteiger partial charge in [-0.15, -0.1) is 0 Å². The lowest BCUT2D eigenvalue weighted by molar-refractivity contribution is 0.159. The molecule has 0 aliphatic carbocycles. The van der Waals surface area contributed by atoms with Crippen molar-refractivity contribution in [3.05, 3.63) is 12.2 Å². The molecule has 1 heterocycles. The fraction of sp³-hybridized carbons (Fsp3) is 0.375. The average Bonchev–Trinajstić information content (AvgIpc) is 2.59. The van der Waals surface area contributed by atoms with E-state index in [0.717, 1.165) is 0 Å². The van der Waals surface area contributed by atoms with Gasteiger partial charge in [-0.3, -0.25) is 4.76 Å². The molecule has 1 fully saturated rings. The van der Waals surface area contributed by atoms with Gasteiger partial charge in [-0.1, -0.05) is 6.08 Å². The molecule has 1 atom stereocenters. The first-order valence-electron chi connectivity index (χ1n) is 4.16. The monoisotopic (exact) mass is 213 g/mol. The average molecular weight is 213 g/mol. The third-order valence-electron chi connectivity index (χ3n) is 1.56. The molecule has 0 aromatic heterocycles. The molecule has 1 aliphatic heterocycles. The van der Waals surface area contributed by atoms with Crippen molar-refractivity contribution in [2.45, 2.75) is 6.92 Å². The van der Waals surface area contributed by atoms with Crippen LogP contribution in [0.2, 0.25) is 0 Å². The molecule has 0 spiro atoms. The number of hydrogen-bond acceptors (Lipinski definition) is 4. The van der Waals surface area contributed by atoms with Gasteiger partial charge in [-0.25, -0.2) is 4.79 Å². The van der Waals surface area contributed by atoms with E-state index in [2.05, 4.69) is 19.3 Å². The van der Waals surface area contributed by atoms with Crippen molar-refractivity contribution in [2.75, 3.05) is 13.2 Å². The zero-order chi connectivity index (χ0) is 10.4. The largest absolute Gasteiger partial charge is 0.446 e. The Morgan fingerprint density at radius 3 is 3.00 bits per heavy atom. The number of allylic oxidation sites excluding steroid dienone is 2. The summed E-state index contributed by atoms with van der Waals surface area (Å²) in [5.41, 5.74) is 0.678. The van der Waals surface area contributed by atoms with Crippen LogP contribution in [0.1, 0.15) is 6.92 Å². The lowest BCUT2D eigenvalue weighted by Crippen LogP contribution is -2.18. The lowest BCUT2D eigenvalue weighted by Gasteiger charge is -2.02. The first kappa shape index (κ1) is 10.9. The summed E-state index contributed by atoms with van der Waals surface area (Å²) in [6, 6.07) is 0. The topological polar surface area (TPSA) is 54.3 Å². The summed E-state index contributed by atoms with van der Waals surface area (Å²) < 4.78 is 8.58. The molecule has 76 valence electrons. The van der Waals surface area contributed by atoms with Gasteiger partial charge in [0.05, 0.1) is 18.5 Å². The summed E-state index contributed by atoms with van der Waals surface area (Å²) in [6.45, 7) is 2.77. The van der Waals surface area contributed by atoms with Crippen molar-refractivity contribution in [2.24, 2.45) is 9.86 Å². The Bertz CT molecular complexity index is 299. The maximum atomic E-state index is 11.0. The van der Waals surface area contributed by atoms with Crippen LogP contribution < -0.4 is 0 Å². The maximum absolute atomic E-state index is 11.0. The smallest absolute Gasteiger partial charge is 0.430 e. The zero-order valence-electron chi connectivity index (χ0n) is 7.88. The highest BCUT2D eigenvalue weighted by Gasteiger charge is 2.20. The third-order valence-corrected chi connectivity index (χ3v) is 1.85. The molecule has 0 radical (unpaired) electrons. The van der Waals surface area contributed by atoms with Crippen LogP contribution in [0.5, 0.6) is 0 Å². The van der Waals surface area contributed by atoms with Gasteiger partial charge < -0.3 is 4.74 Å². The van der Waals surface area contributed by atoms with Gasteiger partial charge >= 0.3 is 6.09 Å². The molecule has 0 aromatic carbocycles. The van der Waals surface area contributed by atoms with Gasteiger partial charge in [0.25, 0.3) is 0 Å². The number of amides is 1. The standard InChI is InChI=1S/C8H12N3O2P/c1-2-3-7(10-14)6-9-11-4-5-13-8(11)12/h2-3,6H,4-5,14H2,1H3/b3-2+,9-6+,10-7?. The quantitative estimate of drug-likeness (QED) is 0.523. The Kier molecular flexibility index (Phi) is 4.26. The molecular formula is C8H12N3O2P. The van der Waals surface area contributed by atoms with Crippen molar-refractivity contribution >= 4 is 27.4 Å². The molecule has 14 heavy (non-hydrogen) atoms. The highest BCUT2D eigenvalue weighted by molar-refractivity contribution is 7.15. The fourth-order valence-electron chi connectivity index (χ4n) is 0.909. The molecule has 0 N–H and O–H groups in total. The molecule has 1 unspecified atom stereocenters. The highest BCUT2D eigenvalue weighted by atomic mass is 31.0. The van der Waals surface area contributed by atoms with Gasteiger partial charge in [0.15, 0.2) is 0 Å². The molecule has 0 saturated carbocycles. The van der Waals surface area contributed by atoms with E-state index in [1.54, 1.807) is 6.08 Å². The summed E-state index contributed by atoms with van der Waals surface area (Å²) in [4.78, 5) is 11.0. The van der Waals surface area contributed by atoms with Crippen molar-refractivity contribution in [3.8, 4) is 0 Å². The van der Waals surface area contributed by atoms with Gasteiger partial charge in [-0.05, 0) is 22.4 Å². The number of carbonyl (C=O) groups excluding carboxylic acids is 1. The SMILES string of the molecule is C/C=C/C(/C=N/N1CCOC1=O)=NP. The van der Waals surface area contributed by atoms with Crippen molar-refractivity contribution in [3.63, 3.8) is 0 Å². The first-order chi connectivity index (χ1) is 6.77. The Morgan fingerprint density at radius 1 is 1.71 bits per heavy atom. The predicted octanol–water partition coefficient (Wildman–Crippen LogP) is 1.23. The molecule has 6 heteroatoms. The third kappa shape index (κ3) is 2.92. The van der Waals surface area contributed by atoms with E-state index in [1.165, 1.54) is 11.2 Å². The summed E-state index contributed by atoms with van der Waals surface area (Å²) in [7, 11) is 2.24. The van der Waals surface area contributed by atoms with Gasteiger partial charge in [0.1, 0.15) is 6.61 Å². The number of rotatable bonds is 3. The van der Waals surface area contributed by atoms with E-state index in [9.17, 15) is 4.79 Å². The Morgan fingerprint density at radius 2 is 2.50 bits per heavy atom. The number of ether oxygens (including phenoxy) is 1. The van der Waals surface area contributed by atoms with Crippen LogP contribution in [0, 0.1) is 0 Å². The number of cyclic esters (lactones) is 1. The van der Waals surface area contributed by atoms with Crippen LogP contribution in [0.4, 0.5) is 4.79 Å². The molecule has 1 aliphatic rings. The van der Waals surface area contributed by atoms with Crippen molar-refractivity contribution in [1.82, 2.24) is 5.01 Å². The number of nitrogens with zero attached hydrogens (tertiary/aromatic N) is 3. The summed E-state index contributed by atoms with van der Waals surface area (Å²) in [6.07, 6.45) is 4.74. The Balaban J connectivity index is 2.57. The maximum Gasteiger partial charge on any atom is 0.430 e. The van der Waals surface area contributed by atoms with Crippen LogP contribution >= 0.6 is 9.39 Å². The summed E-state index contributed by atoms with van der Waals surface area (Å²) in [5, 5.41) is 5.20. The summed E-state index contributed by atoms with van der Waals surface area (Å²) >= 11 is 0. The van der Waals surface area contributed by atoms with Crippen LogP contribution in [0.15, 0.2) is 22.0 Å². The predicted molar refractivity (Wildman–Crippen MR) is 58.5 cm³/mol. The van der Waals surface area contributed by atoms with Crippen LogP contribution in [-0.2, 0) is 4.74 Å². The molecule has 1 amide bonds. The molecular weight excluding hydrogens is 201 g/mol. The first-order valence-corrected chi connectivity index (χ1v) is 4.68. The van der Waals surface area contributed by atoms with E-state index in [4.69, 9.17) is 4.74 Å². The molecule has 0 aromatic rings. The second-order valence-corrected chi connectivity index (χ2v) is 2.79. The number of hydrogen-bond donors (Lipinski definition) is 0. The van der Waals surface area contributed by atoms with Crippen LogP contribution in [0.25, 0.3) is 0 Å². The minimum atomic E-state index is -0.412.